The minimum absolute atomic E-state index is 0.818. The zero-order valence-corrected chi connectivity index (χ0v) is 13.9. The van der Waals surface area contributed by atoms with Gasteiger partial charge in [0.15, 0.2) is 0 Å². The van der Waals surface area contributed by atoms with Crippen molar-refractivity contribution in [3.05, 3.63) is 54.6 Å². The van der Waals surface area contributed by atoms with Crippen molar-refractivity contribution in [3.63, 3.8) is 0 Å². The van der Waals surface area contributed by atoms with Gasteiger partial charge >= 0.3 is 0 Å². The van der Waals surface area contributed by atoms with Gasteiger partial charge in [-0.3, -0.25) is 0 Å². The average molecular weight is 309 g/mol. The molecule has 1 aliphatic heterocycles. The van der Waals surface area contributed by atoms with Crippen LogP contribution in [0, 0.1) is 0 Å². The molecule has 1 aliphatic rings. The molecule has 1 fully saturated rings. The zero-order chi connectivity index (χ0) is 15.7. The Morgan fingerprint density at radius 2 is 1.43 bits per heavy atom. The number of piperidine rings is 1. The first kappa shape index (κ1) is 16.1. The van der Waals surface area contributed by atoms with Crippen LogP contribution in [0.4, 0.5) is 0 Å². The molecule has 0 aromatic heterocycles. The van der Waals surface area contributed by atoms with Crippen molar-refractivity contribution in [2.45, 2.75) is 32.1 Å². The molecule has 0 amide bonds. The number of nitrogens with zero attached hydrogens (tertiary/aromatic N) is 1. The monoisotopic (exact) mass is 309 g/mol. The van der Waals surface area contributed by atoms with Crippen LogP contribution in [0.25, 0.3) is 11.1 Å². The number of hydrogen-bond acceptors (Lipinski definition) is 2. The standard InChI is InChI=1S/C21H27NO/c1-3-9-19(10-4-1)20-11-13-21(14-12-20)23-18-8-7-17-22-15-5-2-6-16-22/h1,3-4,9-14H,2,5-8,15-18H2. The van der Waals surface area contributed by atoms with E-state index in [0.29, 0.717) is 0 Å². The van der Waals surface area contributed by atoms with Crippen LogP contribution in [0.5, 0.6) is 5.75 Å². The minimum Gasteiger partial charge on any atom is -0.494 e. The lowest BCUT2D eigenvalue weighted by molar-refractivity contribution is 0.216. The molecule has 0 saturated carbocycles. The molecule has 2 aromatic rings. The number of benzene rings is 2. The van der Waals surface area contributed by atoms with Gasteiger partial charge in [0.25, 0.3) is 0 Å². The van der Waals surface area contributed by atoms with Crippen molar-refractivity contribution < 1.29 is 4.74 Å². The van der Waals surface area contributed by atoms with Crippen molar-refractivity contribution in [2.24, 2.45) is 0 Å². The van der Waals surface area contributed by atoms with Crippen molar-refractivity contribution in [2.75, 3.05) is 26.2 Å². The molecule has 2 aromatic carbocycles. The highest BCUT2D eigenvalue weighted by Crippen LogP contribution is 2.22. The fourth-order valence-corrected chi connectivity index (χ4v) is 3.18. The van der Waals surface area contributed by atoms with E-state index >= 15 is 0 Å². The molecule has 1 heterocycles. The third kappa shape index (κ3) is 5.11. The van der Waals surface area contributed by atoms with Crippen LogP contribution < -0.4 is 4.74 Å². The molecule has 1 saturated heterocycles. The molecule has 0 spiro atoms. The van der Waals surface area contributed by atoms with Gasteiger partial charge in [0.05, 0.1) is 6.61 Å². The summed E-state index contributed by atoms with van der Waals surface area (Å²) in [7, 11) is 0. The van der Waals surface area contributed by atoms with Gasteiger partial charge in [-0.15, -0.1) is 0 Å². The summed E-state index contributed by atoms with van der Waals surface area (Å²) in [6.45, 7) is 4.64. The second-order valence-electron chi connectivity index (χ2n) is 6.35. The first-order valence-electron chi connectivity index (χ1n) is 8.92. The number of hydrogen-bond donors (Lipinski definition) is 0. The Balaban J connectivity index is 1.37. The van der Waals surface area contributed by atoms with Gasteiger partial charge in [-0.2, -0.15) is 0 Å². The summed E-state index contributed by atoms with van der Waals surface area (Å²) in [6.07, 6.45) is 6.55. The summed E-state index contributed by atoms with van der Waals surface area (Å²) in [6, 6.07) is 18.9. The van der Waals surface area contributed by atoms with Crippen LogP contribution in [-0.4, -0.2) is 31.1 Å². The van der Waals surface area contributed by atoms with Crippen molar-refractivity contribution >= 4 is 0 Å². The molecule has 2 nitrogen and oxygen atoms in total. The summed E-state index contributed by atoms with van der Waals surface area (Å²) >= 11 is 0. The molecule has 0 unspecified atom stereocenters. The fraction of sp³-hybridized carbons (Fsp3) is 0.429. The van der Waals surface area contributed by atoms with Gasteiger partial charge in [0.2, 0.25) is 0 Å². The second kappa shape index (κ2) is 8.73. The predicted molar refractivity (Wildman–Crippen MR) is 96.9 cm³/mol. The number of ether oxygens (including phenoxy) is 1. The van der Waals surface area contributed by atoms with Gasteiger partial charge < -0.3 is 9.64 Å². The van der Waals surface area contributed by atoms with Crippen LogP contribution in [0.2, 0.25) is 0 Å². The summed E-state index contributed by atoms with van der Waals surface area (Å²) < 4.78 is 5.87. The van der Waals surface area contributed by atoms with E-state index in [4.69, 9.17) is 4.74 Å². The molecule has 0 bridgehead atoms. The Hall–Kier alpha value is -1.80. The van der Waals surface area contributed by atoms with Crippen molar-refractivity contribution in [3.8, 4) is 16.9 Å². The molecule has 0 aliphatic carbocycles. The van der Waals surface area contributed by atoms with E-state index in [0.717, 1.165) is 18.8 Å². The molecular weight excluding hydrogens is 282 g/mol. The van der Waals surface area contributed by atoms with Crippen LogP contribution >= 0.6 is 0 Å². The molecule has 3 rings (SSSR count). The topological polar surface area (TPSA) is 12.5 Å². The number of likely N-dealkylation sites (tertiary alicyclic amines) is 1. The SMILES string of the molecule is c1ccc(-c2ccc(OCCCCN3CCCCC3)cc2)cc1. The zero-order valence-electron chi connectivity index (χ0n) is 13.9. The number of unbranched alkanes of at least 4 members (excludes halogenated alkanes) is 1. The maximum absolute atomic E-state index is 5.87. The van der Waals surface area contributed by atoms with E-state index in [1.807, 2.05) is 6.07 Å². The molecule has 2 heteroatoms. The molecule has 122 valence electrons. The smallest absolute Gasteiger partial charge is 0.119 e. The summed E-state index contributed by atoms with van der Waals surface area (Å²) in [5, 5.41) is 0. The second-order valence-corrected chi connectivity index (χ2v) is 6.35. The van der Waals surface area contributed by atoms with Crippen LogP contribution in [0.15, 0.2) is 54.6 Å². The number of rotatable bonds is 7. The Morgan fingerprint density at radius 1 is 0.739 bits per heavy atom. The average Bonchev–Trinajstić information content (AvgIpc) is 2.64. The highest BCUT2D eigenvalue weighted by atomic mass is 16.5. The lowest BCUT2D eigenvalue weighted by Gasteiger charge is -2.26. The summed E-state index contributed by atoms with van der Waals surface area (Å²) in [5.74, 6) is 0.975. The Morgan fingerprint density at radius 3 is 2.17 bits per heavy atom. The molecular formula is C21H27NO. The predicted octanol–water partition coefficient (Wildman–Crippen LogP) is 5.00. The molecule has 23 heavy (non-hydrogen) atoms. The normalized spacial score (nSPS) is 15.5. The highest BCUT2D eigenvalue weighted by Gasteiger charge is 2.08. The fourth-order valence-electron chi connectivity index (χ4n) is 3.18. The molecule has 0 radical (unpaired) electrons. The largest absolute Gasteiger partial charge is 0.494 e. The van der Waals surface area contributed by atoms with E-state index in [-0.39, 0.29) is 0 Å². The maximum Gasteiger partial charge on any atom is 0.119 e. The van der Waals surface area contributed by atoms with E-state index in [1.165, 1.54) is 56.4 Å². The molecule has 0 atom stereocenters. The quantitative estimate of drug-likeness (QED) is 0.667. The summed E-state index contributed by atoms with van der Waals surface area (Å²) in [4.78, 5) is 2.60. The van der Waals surface area contributed by atoms with E-state index in [9.17, 15) is 0 Å². The minimum atomic E-state index is 0.818. The van der Waals surface area contributed by atoms with Gasteiger partial charge in [-0.25, -0.2) is 0 Å². The van der Waals surface area contributed by atoms with E-state index in [2.05, 4.69) is 53.4 Å². The Bertz CT molecular complexity index is 558. The first-order chi connectivity index (χ1) is 11.4. The van der Waals surface area contributed by atoms with Gasteiger partial charge in [-0.05, 0) is 68.6 Å². The lowest BCUT2D eigenvalue weighted by atomic mass is 10.1. The van der Waals surface area contributed by atoms with Gasteiger partial charge in [0.1, 0.15) is 5.75 Å². The Labute approximate surface area is 140 Å². The highest BCUT2D eigenvalue weighted by molar-refractivity contribution is 5.63. The summed E-state index contributed by atoms with van der Waals surface area (Å²) in [5.41, 5.74) is 2.49. The van der Waals surface area contributed by atoms with E-state index in [1.54, 1.807) is 0 Å². The first-order valence-corrected chi connectivity index (χ1v) is 8.92. The van der Waals surface area contributed by atoms with Gasteiger partial charge in [0, 0.05) is 0 Å². The maximum atomic E-state index is 5.87. The van der Waals surface area contributed by atoms with Gasteiger partial charge in [-0.1, -0.05) is 48.9 Å². The third-order valence-electron chi connectivity index (χ3n) is 4.55. The third-order valence-corrected chi connectivity index (χ3v) is 4.55. The van der Waals surface area contributed by atoms with Crippen molar-refractivity contribution in [1.29, 1.82) is 0 Å². The Kier molecular flexibility index (Phi) is 6.10. The molecule has 0 N–H and O–H groups in total. The van der Waals surface area contributed by atoms with Crippen LogP contribution in [-0.2, 0) is 0 Å². The lowest BCUT2D eigenvalue weighted by Crippen LogP contribution is -2.30. The van der Waals surface area contributed by atoms with Crippen molar-refractivity contribution in [1.82, 2.24) is 4.90 Å². The van der Waals surface area contributed by atoms with E-state index < -0.39 is 0 Å². The van der Waals surface area contributed by atoms with Crippen LogP contribution in [0.3, 0.4) is 0 Å². The van der Waals surface area contributed by atoms with Crippen LogP contribution in [0.1, 0.15) is 32.1 Å².